The van der Waals surface area contributed by atoms with Gasteiger partial charge in [-0.3, -0.25) is 9.69 Å². The van der Waals surface area contributed by atoms with Crippen LogP contribution < -0.4 is 15.0 Å². The molecule has 0 aromatic heterocycles. The average molecular weight is 456 g/mol. The number of benzene rings is 2. The molecule has 170 valence electrons. The fourth-order valence-electron chi connectivity index (χ4n) is 4.32. The Morgan fingerprint density at radius 2 is 1.81 bits per heavy atom. The van der Waals surface area contributed by atoms with Crippen LogP contribution in [0, 0.1) is 5.92 Å². The Labute approximate surface area is 194 Å². The number of urea groups is 1. The summed E-state index contributed by atoms with van der Waals surface area (Å²) in [6, 6.07) is 15.4. The van der Waals surface area contributed by atoms with E-state index in [9.17, 15) is 9.59 Å². The SMILES string of the molecule is CCC1CN(C(=O)N2CCC(C(=O)NCCc3ccc(Cl)cc3)CC2)c2ccccc2O1. The summed E-state index contributed by atoms with van der Waals surface area (Å²) in [7, 11) is 0. The number of likely N-dealkylation sites (tertiary alicyclic amines) is 1. The third-order valence-electron chi connectivity index (χ3n) is 6.28. The van der Waals surface area contributed by atoms with Crippen molar-refractivity contribution in [3.63, 3.8) is 0 Å². The number of nitrogens with one attached hydrogen (secondary N) is 1. The summed E-state index contributed by atoms with van der Waals surface area (Å²) in [6.07, 6.45) is 2.98. The van der Waals surface area contributed by atoms with Gasteiger partial charge in [0.2, 0.25) is 5.91 Å². The van der Waals surface area contributed by atoms with Gasteiger partial charge in [-0.1, -0.05) is 42.8 Å². The first kappa shape index (κ1) is 22.5. The summed E-state index contributed by atoms with van der Waals surface area (Å²) in [5.41, 5.74) is 1.97. The summed E-state index contributed by atoms with van der Waals surface area (Å²) < 4.78 is 6.00. The van der Waals surface area contributed by atoms with Gasteiger partial charge in [0.1, 0.15) is 11.9 Å². The van der Waals surface area contributed by atoms with Crippen molar-refractivity contribution in [1.29, 1.82) is 0 Å². The highest BCUT2D eigenvalue weighted by Crippen LogP contribution is 2.35. The lowest BCUT2D eigenvalue weighted by Crippen LogP contribution is -2.52. The number of carbonyl (C=O) groups excluding carboxylic acids is 2. The van der Waals surface area contributed by atoms with E-state index >= 15 is 0 Å². The van der Waals surface area contributed by atoms with Crippen molar-refractivity contribution < 1.29 is 14.3 Å². The lowest BCUT2D eigenvalue weighted by Gasteiger charge is -2.39. The zero-order chi connectivity index (χ0) is 22.5. The third kappa shape index (κ3) is 5.18. The second kappa shape index (κ2) is 10.3. The van der Waals surface area contributed by atoms with Crippen molar-refractivity contribution >= 4 is 29.2 Å². The Morgan fingerprint density at radius 3 is 2.53 bits per heavy atom. The minimum atomic E-state index is -0.0513. The topological polar surface area (TPSA) is 61.9 Å². The number of ether oxygens (including phenoxy) is 1. The molecule has 2 aromatic rings. The van der Waals surface area contributed by atoms with E-state index in [0.29, 0.717) is 44.0 Å². The molecule has 7 heteroatoms. The van der Waals surface area contributed by atoms with Gasteiger partial charge in [-0.05, 0) is 55.5 Å². The number of rotatable bonds is 5. The maximum Gasteiger partial charge on any atom is 0.324 e. The summed E-state index contributed by atoms with van der Waals surface area (Å²) in [4.78, 5) is 29.6. The number of fused-ring (bicyclic) bond motifs is 1. The molecular weight excluding hydrogens is 426 g/mol. The fraction of sp³-hybridized carbons (Fsp3) is 0.440. The van der Waals surface area contributed by atoms with Crippen LogP contribution in [-0.4, -0.2) is 49.1 Å². The van der Waals surface area contributed by atoms with Crippen LogP contribution in [0.3, 0.4) is 0 Å². The quantitative estimate of drug-likeness (QED) is 0.721. The zero-order valence-electron chi connectivity index (χ0n) is 18.4. The number of hydrogen-bond donors (Lipinski definition) is 1. The van der Waals surface area contributed by atoms with Crippen LogP contribution in [0.2, 0.25) is 5.02 Å². The highest BCUT2D eigenvalue weighted by Gasteiger charge is 2.34. The van der Waals surface area contributed by atoms with Crippen LogP contribution in [0.15, 0.2) is 48.5 Å². The number of amides is 3. The maximum atomic E-state index is 13.3. The molecule has 1 atom stereocenters. The molecule has 2 aromatic carbocycles. The molecule has 3 amide bonds. The third-order valence-corrected chi connectivity index (χ3v) is 6.54. The molecule has 2 aliphatic heterocycles. The first-order valence-electron chi connectivity index (χ1n) is 11.4. The van der Waals surface area contributed by atoms with Gasteiger partial charge in [-0.25, -0.2) is 4.79 Å². The number of piperidine rings is 1. The largest absolute Gasteiger partial charge is 0.486 e. The fourth-order valence-corrected chi connectivity index (χ4v) is 4.45. The van der Waals surface area contributed by atoms with Gasteiger partial charge in [-0.15, -0.1) is 0 Å². The van der Waals surface area contributed by atoms with Crippen LogP contribution in [-0.2, 0) is 11.2 Å². The molecule has 0 bridgehead atoms. The smallest absolute Gasteiger partial charge is 0.324 e. The van der Waals surface area contributed by atoms with E-state index in [-0.39, 0.29) is 24.0 Å². The Kier molecular flexibility index (Phi) is 7.20. The predicted molar refractivity (Wildman–Crippen MR) is 126 cm³/mol. The molecular formula is C25H30ClN3O3. The monoisotopic (exact) mass is 455 g/mol. The van der Waals surface area contributed by atoms with Crippen molar-refractivity contribution in [1.82, 2.24) is 10.2 Å². The van der Waals surface area contributed by atoms with Gasteiger partial charge < -0.3 is 15.0 Å². The van der Waals surface area contributed by atoms with Crippen LogP contribution in [0.5, 0.6) is 5.75 Å². The minimum absolute atomic E-state index is 0.000738. The molecule has 4 rings (SSSR count). The summed E-state index contributed by atoms with van der Waals surface area (Å²) in [6.45, 7) is 4.40. The Hall–Kier alpha value is -2.73. The number of anilines is 1. The van der Waals surface area contributed by atoms with Crippen molar-refractivity contribution in [2.45, 2.75) is 38.7 Å². The Balaban J connectivity index is 1.28. The Morgan fingerprint density at radius 1 is 1.09 bits per heavy atom. The molecule has 32 heavy (non-hydrogen) atoms. The molecule has 1 unspecified atom stereocenters. The standard InChI is InChI=1S/C25H30ClN3O3/c1-2-21-17-29(22-5-3-4-6-23(22)32-21)25(31)28-15-12-19(13-16-28)24(30)27-14-11-18-7-9-20(26)10-8-18/h3-10,19,21H,2,11-17H2,1H3,(H,27,30). The number of carbonyl (C=O) groups is 2. The van der Waals surface area contributed by atoms with Gasteiger partial charge in [0.25, 0.3) is 0 Å². The van der Waals surface area contributed by atoms with E-state index in [0.717, 1.165) is 29.8 Å². The van der Waals surface area contributed by atoms with E-state index in [1.54, 1.807) is 0 Å². The summed E-state index contributed by atoms with van der Waals surface area (Å²) >= 11 is 5.91. The first-order chi connectivity index (χ1) is 15.5. The van der Waals surface area contributed by atoms with E-state index in [1.807, 2.05) is 58.3 Å². The molecule has 0 radical (unpaired) electrons. The van der Waals surface area contributed by atoms with Crippen molar-refractivity contribution in [2.75, 3.05) is 31.1 Å². The minimum Gasteiger partial charge on any atom is -0.486 e. The van der Waals surface area contributed by atoms with Crippen molar-refractivity contribution in [2.24, 2.45) is 5.92 Å². The van der Waals surface area contributed by atoms with Crippen LogP contribution >= 0.6 is 11.6 Å². The highest BCUT2D eigenvalue weighted by atomic mass is 35.5. The van der Waals surface area contributed by atoms with Gasteiger partial charge in [-0.2, -0.15) is 0 Å². The van der Waals surface area contributed by atoms with Crippen molar-refractivity contribution in [3.8, 4) is 5.75 Å². The molecule has 2 heterocycles. The molecule has 1 saturated heterocycles. The van der Waals surface area contributed by atoms with Crippen molar-refractivity contribution in [3.05, 3.63) is 59.1 Å². The molecule has 2 aliphatic rings. The van der Waals surface area contributed by atoms with Gasteiger partial charge in [0.15, 0.2) is 0 Å². The zero-order valence-corrected chi connectivity index (χ0v) is 19.2. The molecule has 0 spiro atoms. The van der Waals surface area contributed by atoms with Gasteiger partial charge in [0, 0.05) is 30.6 Å². The van der Waals surface area contributed by atoms with Crippen LogP contribution in [0.4, 0.5) is 10.5 Å². The molecule has 0 saturated carbocycles. The lowest BCUT2D eigenvalue weighted by atomic mass is 9.96. The molecule has 6 nitrogen and oxygen atoms in total. The summed E-state index contributed by atoms with van der Waals surface area (Å²) in [5.74, 6) is 0.785. The lowest BCUT2D eigenvalue weighted by molar-refractivity contribution is -0.126. The normalized spacial score (nSPS) is 18.6. The second-order valence-corrected chi connectivity index (χ2v) is 8.87. The first-order valence-corrected chi connectivity index (χ1v) is 11.8. The number of para-hydroxylation sites is 2. The van der Waals surface area contributed by atoms with E-state index < -0.39 is 0 Å². The van der Waals surface area contributed by atoms with Crippen LogP contribution in [0.1, 0.15) is 31.7 Å². The predicted octanol–water partition coefficient (Wildman–Crippen LogP) is 4.51. The molecule has 1 fully saturated rings. The van der Waals surface area contributed by atoms with E-state index in [2.05, 4.69) is 12.2 Å². The van der Waals surface area contributed by atoms with Gasteiger partial charge >= 0.3 is 6.03 Å². The Bertz CT molecular complexity index is 942. The number of halogens is 1. The second-order valence-electron chi connectivity index (χ2n) is 8.44. The maximum absolute atomic E-state index is 13.3. The molecule has 1 N–H and O–H groups in total. The average Bonchev–Trinajstić information content (AvgIpc) is 2.84. The summed E-state index contributed by atoms with van der Waals surface area (Å²) in [5, 5.41) is 3.76. The van der Waals surface area contributed by atoms with E-state index in [1.165, 1.54) is 0 Å². The van der Waals surface area contributed by atoms with E-state index in [4.69, 9.17) is 16.3 Å². The number of nitrogens with zero attached hydrogens (tertiary/aromatic N) is 2. The number of hydrogen-bond acceptors (Lipinski definition) is 3. The molecule has 0 aliphatic carbocycles. The highest BCUT2D eigenvalue weighted by molar-refractivity contribution is 6.30. The van der Waals surface area contributed by atoms with Crippen LogP contribution in [0.25, 0.3) is 0 Å². The van der Waals surface area contributed by atoms with Gasteiger partial charge in [0.05, 0.1) is 12.2 Å².